The molecule has 17 heavy (non-hydrogen) atoms. The van der Waals surface area contributed by atoms with Gasteiger partial charge < -0.3 is 10.0 Å². The predicted octanol–water partition coefficient (Wildman–Crippen LogP) is 1.52. The van der Waals surface area contributed by atoms with Crippen LogP contribution >= 0.6 is 0 Å². The molecule has 0 saturated carbocycles. The Morgan fingerprint density at radius 1 is 1.12 bits per heavy atom. The summed E-state index contributed by atoms with van der Waals surface area (Å²) in [7, 11) is 0. The van der Waals surface area contributed by atoms with Crippen LogP contribution in [0.1, 0.15) is 5.56 Å². The molecule has 0 bridgehead atoms. The SMILES string of the molecule is O=C(O)N1CCN(CCc2ccccc2)CC1. The lowest BCUT2D eigenvalue weighted by Gasteiger charge is -2.33. The highest BCUT2D eigenvalue weighted by atomic mass is 16.4. The van der Waals surface area contributed by atoms with Gasteiger partial charge in [0.05, 0.1) is 0 Å². The van der Waals surface area contributed by atoms with Crippen molar-refractivity contribution >= 4 is 6.09 Å². The summed E-state index contributed by atoms with van der Waals surface area (Å²) >= 11 is 0. The standard InChI is InChI=1S/C13H18N2O2/c16-13(17)15-10-8-14(9-11-15)7-6-12-4-2-1-3-5-12/h1-5H,6-11H2,(H,16,17). The summed E-state index contributed by atoms with van der Waals surface area (Å²) in [5.74, 6) is 0. The quantitative estimate of drug-likeness (QED) is 0.862. The number of amides is 1. The number of benzene rings is 1. The van der Waals surface area contributed by atoms with Crippen molar-refractivity contribution in [2.45, 2.75) is 6.42 Å². The molecule has 4 nitrogen and oxygen atoms in total. The lowest BCUT2D eigenvalue weighted by atomic mass is 10.1. The molecule has 0 spiro atoms. The zero-order valence-electron chi connectivity index (χ0n) is 9.88. The van der Waals surface area contributed by atoms with Crippen molar-refractivity contribution in [3.63, 3.8) is 0 Å². The fraction of sp³-hybridized carbons (Fsp3) is 0.462. The second-order valence-electron chi connectivity index (χ2n) is 4.35. The van der Waals surface area contributed by atoms with Crippen molar-refractivity contribution in [3.8, 4) is 0 Å². The van der Waals surface area contributed by atoms with Crippen LogP contribution < -0.4 is 0 Å². The van der Waals surface area contributed by atoms with E-state index in [1.165, 1.54) is 10.5 Å². The third-order valence-electron chi connectivity index (χ3n) is 3.20. The molecule has 1 aromatic rings. The van der Waals surface area contributed by atoms with Crippen molar-refractivity contribution in [1.82, 2.24) is 9.80 Å². The van der Waals surface area contributed by atoms with Gasteiger partial charge in [0.1, 0.15) is 0 Å². The maximum Gasteiger partial charge on any atom is 0.407 e. The highest BCUT2D eigenvalue weighted by Gasteiger charge is 2.19. The number of carboxylic acid groups (broad SMARTS) is 1. The molecular formula is C13H18N2O2. The Bertz CT molecular complexity index is 359. The zero-order chi connectivity index (χ0) is 12.1. The van der Waals surface area contributed by atoms with Crippen molar-refractivity contribution in [2.75, 3.05) is 32.7 Å². The molecule has 1 N–H and O–H groups in total. The van der Waals surface area contributed by atoms with E-state index in [4.69, 9.17) is 5.11 Å². The highest BCUT2D eigenvalue weighted by molar-refractivity contribution is 5.65. The van der Waals surface area contributed by atoms with Crippen LogP contribution in [0.2, 0.25) is 0 Å². The largest absolute Gasteiger partial charge is 0.465 e. The molecule has 0 radical (unpaired) electrons. The zero-order valence-corrected chi connectivity index (χ0v) is 9.88. The lowest BCUT2D eigenvalue weighted by molar-refractivity contribution is 0.106. The summed E-state index contributed by atoms with van der Waals surface area (Å²) in [5.41, 5.74) is 1.34. The summed E-state index contributed by atoms with van der Waals surface area (Å²) in [6.45, 7) is 3.96. The predicted molar refractivity (Wildman–Crippen MR) is 66.2 cm³/mol. The van der Waals surface area contributed by atoms with Gasteiger partial charge in [-0.3, -0.25) is 4.90 Å². The molecule has 4 heteroatoms. The van der Waals surface area contributed by atoms with Crippen LogP contribution in [0, 0.1) is 0 Å². The number of carbonyl (C=O) groups is 1. The van der Waals surface area contributed by atoms with Gasteiger partial charge in [-0.2, -0.15) is 0 Å². The Balaban J connectivity index is 1.74. The first kappa shape index (κ1) is 11.9. The molecular weight excluding hydrogens is 216 g/mol. The highest BCUT2D eigenvalue weighted by Crippen LogP contribution is 2.05. The first-order valence-corrected chi connectivity index (χ1v) is 6.00. The van der Waals surface area contributed by atoms with E-state index in [0.717, 1.165) is 26.1 Å². The van der Waals surface area contributed by atoms with Crippen LogP contribution in [0.3, 0.4) is 0 Å². The third kappa shape index (κ3) is 3.46. The summed E-state index contributed by atoms with van der Waals surface area (Å²) < 4.78 is 0. The van der Waals surface area contributed by atoms with E-state index in [9.17, 15) is 4.79 Å². The molecule has 1 fully saturated rings. The third-order valence-corrected chi connectivity index (χ3v) is 3.20. The maximum atomic E-state index is 10.7. The topological polar surface area (TPSA) is 43.8 Å². The Labute approximate surface area is 101 Å². The number of hydrogen-bond acceptors (Lipinski definition) is 2. The van der Waals surface area contributed by atoms with Crippen molar-refractivity contribution in [3.05, 3.63) is 35.9 Å². The van der Waals surface area contributed by atoms with Gasteiger partial charge >= 0.3 is 6.09 Å². The summed E-state index contributed by atoms with van der Waals surface area (Å²) in [4.78, 5) is 14.6. The number of rotatable bonds is 3. The molecule has 0 unspecified atom stereocenters. The van der Waals surface area contributed by atoms with E-state index in [-0.39, 0.29) is 0 Å². The van der Waals surface area contributed by atoms with Gasteiger partial charge in [0, 0.05) is 32.7 Å². The number of piperazine rings is 1. The minimum atomic E-state index is -0.798. The molecule has 1 aromatic carbocycles. The van der Waals surface area contributed by atoms with E-state index < -0.39 is 6.09 Å². The van der Waals surface area contributed by atoms with Gasteiger partial charge in [0.2, 0.25) is 0 Å². The molecule has 2 rings (SSSR count). The van der Waals surface area contributed by atoms with E-state index >= 15 is 0 Å². The average Bonchev–Trinajstić information content (AvgIpc) is 2.38. The average molecular weight is 234 g/mol. The Morgan fingerprint density at radius 2 is 1.76 bits per heavy atom. The second kappa shape index (κ2) is 5.68. The van der Waals surface area contributed by atoms with Crippen LogP contribution in [0.5, 0.6) is 0 Å². The van der Waals surface area contributed by atoms with Crippen LogP contribution in [0.25, 0.3) is 0 Å². The van der Waals surface area contributed by atoms with Crippen LogP contribution in [-0.4, -0.2) is 53.7 Å². The van der Waals surface area contributed by atoms with E-state index in [1.54, 1.807) is 0 Å². The van der Waals surface area contributed by atoms with E-state index in [1.807, 2.05) is 6.07 Å². The first-order chi connectivity index (χ1) is 8.25. The monoisotopic (exact) mass is 234 g/mol. The Morgan fingerprint density at radius 3 is 2.35 bits per heavy atom. The van der Waals surface area contributed by atoms with E-state index in [2.05, 4.69) is 29.2 Å². The maximum absolute atomic E-state index is 10.7. The van der Waals surface area contributed by atoms with Gasteiger partial charge in [0.25, 0.3) is 0 Å². The normalized spacial score (nSPS) is 17.1. The molecule has 1 aliphatic rings. The Hall–Kier alpha value is -1.55. The molecule has 92 valence electrons. The summed E-state index contributed by atoms with van der Waals surface area (Å²) in [6.07, 6.45) is 0.237. The van der Waals surface area contributed by atoms with Crippen LogP contribution in [0.15, 0.2) is 30.3 Å². The molecule has 0 aromatic heterocycles. The summed E-state index contributed by atoms with van der Waals surface area (Å²) in [5, 5.41) is 8.84. The Kier molecular flexibility index (Phi) is 3.98. The van der Waals surface area contributed by atoms with Gasteiger partial charge in [-0.1, -0.05) is 30.3 Å². The van der Waals surface area contributed by atoms with Gasteiger partial charge in [-0.25, -0.2) is 4.79 Å². The molecule has 1 saturated heterocycles. The van der Waals surface area contributed by atoms with E-state index in [0.29, 0.717) is 13.1 Å². The smallest absolute Gasteiger partial charge is 0.407 e. The number of hydrogen-bond donors (Lipinski definition) is 1. The molecule has 1 aliphatic heterocycles. The second-order valence-corrected chi connectivity index (χ2v) is 4.35. The van der Waals surface area contributed by atoms with Crippen LogP contribution in [-0.2, 0) is 6.42 Å². The number of nitrogens with zero attached hydrogens (tertiary/aromatic N) is 2. The van der Waals surface area contributed by atoms with Gasteiger partial charge in [-0.05, 0) is 12.0 Å². The van der Waals surface area contributed by atoms with Gasteiger partial charge in [-0.15, -0.1) is 0 Å². The summed E-state index contributed by atoms with van der Waals surface area (Å²) in [6, 6.07) is 10.4. The van der Waals surface area contributed by atoms with Crippen LogP contribution in [0.4, 0.5) is 4.79 Å². The van der Waals surface area contributed by atoms with Crippen molar-refractivity contribution in [1.29, 1.82) is 0 Å². The fourth-order valence-corrected chi connectivity index (χ4v) is 2.09. The van der Waals surface area contributed by atoms with Gasteiger partial charge in [0.15, 0.2) is 0 Å². The minimum absolute atomic E-state index is 0.629. The lowest BCUT2D eigenvalue weighted by Crippen LogP contribution is -2.48. The molecule has 1 heterocycles. The first-order valence-electron chi connectivity index (χ1n) is 6.00. The van der Waals surface area contributed by atoms with Crippen molar-refractivity contribution < 1.29 is 9.90 Å². The molecule has 0 atom stereocenters. The minimum Gasteiger partial charge on any atom is -0.465 e. The fourth-order valence-electron chi connectivity index (χ4n) is 2.09. The van der Waals surface area contributed by atoms with Crippen molar-refractivity contribution in [2.24, 2.45) is 0 Å². The molecule has 1 amide bonds. The molecule has 0 aliphatic carbocycles.